The second-order valence-electron chi connectivity index (χ2n) is 6.06. The van der Waals surface area contributed by atoms with Gasteiger partial charge in [0.2, 0.25) is 10.0 Å². The molecule has 1 aliphatic heterocycles. The average molecular weight is 432 g/mol. The lowest BCUT2D eigenvalue weighted by Crippen LogP contribution is -2.17. The Balaban J connectivity index is 1.76. The van der Waals surface area contributed by atoms with Gasteiger partial charge in [-0.1, -0.05) is 36.1 Å². The van der Waals surface area contributed by atoms with Gasteiger partial charge in [-0.15, -0.1) is 0 Å². The summed E-state index contributed by atoms with van der Waals surface area (Å²) in [6.07, 6.45) is 6.03. The summed E-state index contributed by atoms with van der Waals surface area (Å²) in [7, 11) is -3.39. The number of carbonyl (C=O) groups is 1. The molecule has 1 aromatic carbocycles. The lowest BCUT2D eigenvalue weighted by Gasteiger charge is -2.07. The number of rotatable bonds is 4. The molecule has 0 spiro atoms. The van der Waals surface area contributed by atoms with Crippen molar-refractivity contribution in [3.05, 3.63) is 53.4 Å². The number of nitrogens with one attached hydrogen (secondary N) is 2. The monoisotopic (exact) mass is 431 g/mol. The summed E-state index contributed by atoms with van der Waals surface area (Å²) in [6, 6.07) is 8.73. The third-order valence-electron chi connectivity index (χ3n) is 3.83. The zero-order valence-electron chi connectivity index (χ0n) is 14.4. The largest absolute Gasteiger partial charge is 0.456 e. The van der Waals surface area contributed by atoms with Crippen LogP contribution in [0.1, 0.15) is 5.76 Å². The van der Waals surface area contributed by atoms with E-state index in [9.17, 15) is 13.2 Å². The van der Waals surface area contributed by atoms with E-state index in [0.29, 0.717) is 31.8 Å². The van der Waals surface area contributed by atoms with E-state index in [1.807, 2.05) is 6.07 Å². The smallest absolute Gasteiger partial charge is 0.263 e. The van der Waals surface area contributed by atoms with Crippen LogP contribution in [-0.2, 0) is 14.8 Å². The lowest BCUT2D eigenvalue weighted by molar-refractivity contribution is -0.115. The van der Waals surface area contributed by atoms with Gasteiger partial charge in [0.1, 0.15) is 15.7 Å². The van der Waals surface area contributed by atoms with Gasteiger partial charge < -0.3 is 9.73 Å². The first kappa shape index (κ1) is 18.7. The zero-order valence-corrected chi connectivity index (χ0v) is 16.9. The van der Waals surface area contributed by atoms with Gasteiger partial charge in [-0.25, -0.2) is 8.42 Å². The maximum Gasteiger partial charge on any atom is 0.263 e. The normalized spacial score (nSPS) is 16.0. The molecule has 2 N–H and O–H groups in total. The molecule has 0 saturated carbocycles. The lowest BCUT2D eigenvalue weighted by atomic mass is 10.1. The molecule has 142 valence electrons. The highest BCUT2D eigenvalue weighted by molar-refractivity contribution is 8.26. The molecule has 7 nitrogen and oxygen atoms in total. The summed E-state index contributed by atoms with van der Waals surface area (Å²) in [6.45, 7) is 0. The molecule has 3 heterocycles. The number of aromatic nitrogens is 1. The highest BCUT2D eigenvalue weighted by Crippen LogP contribution is 2.33. The van der Waals surface area contributed by atoms with Crippen LogP contribution in [0.2, 0.25) is 0 Å². The topological polar surface area (TPSA) is 101 Å². The van der Waals surface area contributed by atoms with Gasteiger partial charge in [0.05, 0.1) is 11.2 Å². The highest BCUT2D eigenvalue weighted by atomic mass is 32.2. The number of thiocarbonyl (C=S) groups is 1. The molecule has 0 bridgehead atoms. The predicted molar refractivity (Wildman–Crippen MR) is 114 cm³/mol. The maximum absolute atomic E-state index is 11.8. The van der Waals surface area contributed by atoms with Crippen LogP contribution in [0.5, 0.6) is 0 Å². The second-order valence-corrected chi connectivity index (χ2v) is 9.53. The SMILES string of the molecule is CS(=O)(=O)Nc1cccc(-c2cncc3cc(C=C4SC(=S)NC4=O)oc23)c1. The van der Waals surface area contributed by atoms with E-state index >= 15 is 0 Å². The molecule has 3 aromatic rings. The van der Waals surface area contributed by atoms with Gasteiger partial charge in [0, 0.05) is 35.1 Å². The molecule has 0 unspecified atom stereocenters. The van der Waals surface area contributed by atoms with Crippen molar-refractivity contribution in [3.63, 3.8) is 0 Å². The molecule has 1 fully saturated rings. The van der Waals surface area contributed by atoms with E-state index in [1.54, 1.807) is 42.7 Å². The molecule has 10 heteroatoms. The number of pyridine rings is 1. The van der Waals surface area contributed by atoms with Gasteiger partial charge in [0.25, 0.3) is 5.91 Å². The van der Waals surface area contributed by atoms with Crippen molar-refractivity contribution in [1.82, 2.24) is 10.3 Å². The van der Waals surface area contributed by atoms with E-state index in [0.717, 1.165) is 17.2 Å². The minimum absolute atomic E-state index is 0.256. The van der Waals surface area contributed by atoms with Crippen molar-refractivity contribution in [2.24, 2.45) is 0 Å². The molecular formula is C18H13N3O4S3. The number of amides is 1. The fourth-order valence-corrected chi connectivity index (χ4v) is 4.35. The van der Waals surface area contributed by atoms with Gasteiger partial charge in [-0.05, 0) is 23.8 Å². The number of hydrogen-bond acceptors (Lipinski definition) is 7. The van der Waals surface area contributed by atoms with E-state index in [1.165, 1.54) is 11.8 Å². The van der Waals surface area contributed by atoms with Crippen LogP contribution >= 0.6 is 24.0 Å². The summed E-state index contributed by atoms with van der Waals surface area (Å²) < 4.78 is 31.8. The number of thioether (sulfide) groups is 1. The van der Waals surface area contributed by atoms with Crippen molar-refractivity contribution in [1.29, 1.82) is 0 Å². The first-order valence-electron chi connectivity index (χ1n) is 7.99. The van der Waals surface area contributed by atoms with E-state index in [4.69, 9.17) is 16.6 Å². The van der Waals surface area contributed by atoms with Gasteiger partial charge >= 0.3 is 0 Å². The van der Waals surface area contributed by atoms with Crippen molar-refractivity contribution in [2.45, 2.75) is 0 Å². The first-order chi connectivity index (χ1) is 13.3. The zero-order chi connectivity index (χ0) is 19.9. The fraction of sp³-hybridized carbons (Fsp3) is 0.0556. The number of fused-ring (bicyclic) bond motifs is 1. The van der Waals surface area contributed by atoms with Gasteiger partial charge in [-0.2, -0.15) is 0 Å². The Morgan fingerprint density at radius 1 is 1.29 bits per heavy atom. The number of carbonyl (C=O) groups excluding carboxylic acids is 1. The molecule has 0 radical (unpaired) electrons. The predicted octanol–water partition coefficient (Wildman–Crippen LogP) is 3.36. The van der Waals surface area contributed by atoms with Crippen LogP contribution in [-0.4, -0.2) is 29.9 Å². The number of nitrogens with zero attached hydrogens (tertiary/aromatic N) is 1. The van der Waals surface area contributed by atoms with Crippen LogP contribution in [0.3, 0.4) is 0 Å². The van der Waals surface area contributed by atoms with Crippen LogP contribution in [0, 0.1) is 0 Å². The number of sulfonamides is 1. The van der Waals surface area contributed by atoms with Crippen molar-refractivity contribution in [3.8, 4) is 11.1 Å². The Bertz CT molecular complexity index is 1260. The van der Waals surface area contributed by atoms with Gasteiger partial charge in [0.15, 0.2) is 0 Å². The Kier molecular flexibility index (Phi) is 4.69. The molecule has 1 aliphatic rings. The standard InChI is InChI=1S/C18H13N3O4S3/c1-28(23,24)21-12-4-2-3-10(5-12)14-9-19-8-11-6-13(25-16(11)14)7-15-17(22)20-18(26)27-15/h2-9,21H,1H3,(H,20,22,26). The Morgan fingerprint density at radius 2 is 2.11 bits per heavy atom. The summed E-state index contributed by atoms with van der Waals surface area (Å²) in [4.78, 5) is 16.5. The van der Waals surface area contributed by atoms with Crippen molar-refractivity contribution >= 4 is 67.0 Å². The third kappa shape index (κ3) is 3.93. The number of furan rings is 1. The summed E-state index contributed by atoms with van der Waals surface area (Å²) in [5.74, 6) is 0.241. The van der Waals surface area contributed by atoms with Crippen LogP contribution in [0.4, 0.5) is 5.69 Å². The Hall–Kier alpha value is -2.69. The summed E-state index contributed by atoms with van der Waals surface area (Å²) in [5, 5.41) is 3.32. The molecule has 4 rings (SSSR count). The van der Waals surface area contributed by atoms with Crippen molar-refractivity contribution < 1.29 is 17.6 Å². The second kappa shape index (κ2) is 7.04. The van der Waals surface area contributed by atoms with E-state index < -0.39 is 10.0 Å². The Morgan fingerprint density at radius 3 is 2.82 bits per heavy atom. The first-order valence-corrected chi connectivity index (χ1v) is 11.1. The number of anilines is 1. The van der Waals surface area contributed by atoms with E-state index in [-0.39, 0.29) is 5.91 Å². The maximum atomic E-state index is 11.8. The summed E-state index contributed by atoms with van der Waals surface area (Å²) in [5.41, 5.74) is 2.48. The Labute approximate surface area is 170 Å². The minimum Gasteiger partial charge on any atom is -0.456 e. The highest BCUT2D eigenvalue weighted by Gasteiger charge is 2.23. The molecular weight excluding hydrogens is 418 g/mol. The number of benzene rings is 1. The molecule has 1 amide bonds. The van der Waals surface area contributed by atoms with E-state index in [2.05, 4.69) is 15.0 Å². The quantitative estimate of drug-likeness (QED) is 0.482. The number of hydrogen-bond donors (Lipinski definition) is 2. The average Bonchev–Trinajstić information content (AvgIpc) is 3.15. The molecule has 0 aliphatic carbocycles. The molecule has 2 aromatic heterocycles. The van der Waals surface area contributed by atoms with Crippen LogP contribution < -0.4 is 10.0 Å². The molecule has 1 saturated heterocycles. The van der Waals surface area contributed by atoms with Crippen LogP contribution in [0.25, 0.3) is 28.2 Å². The summed E-state index contributed by atoms with van der Waals surface area (Å²) >= 11 is 6.17. The minimum atomic E-state index is -3.39. The van der Waals surface area contributed by atoms with Crippen LogP contribution in [0.15, 0.2) is 52.0 Å². The van der Waals surface area contributed by atoms with Gasteiger partial charge in [-0.3, -0.25) is 14.5 Å². The third-order valence-corrected chi connectivity index (χ3v) is 5.60. The molecule has 0 atom stereocenters. The fourth-order valence-electron chi connectivity index (χ4n) is 2.77. The van der Waals surface area contributed by atoms with Crippen molar-refractivity contribution in [2.75, 3.05) is 11.0 Å². The molecule has 28 heavy (non-hydrogen) atoms.